The lowest BCUT2D eigenvalue weighted by Gasteiger charge is -2.19. The summed E-state index contributed by atoms with van der Waals surface area (Å²) in [6.07, 6.45) is 5.72. The van der Waals surface area contributed by atoms with Crippen molar-refractivity contribution in [3.05, 3.63) is 102 Å². The number of fused-ring (bicyclic) bond motifs is 4. The third kappa shape index (κ3) is 4.41. The lowest BCUT2D eigenvalue weighted by Crippen LogP contribution is -2.21. The van der Waals surface area contributed by atoms with E-state index in [4.69, 9.17) is 21.8 Å². The van der Waals surface area contributed by atoms with Crippen LogP contribution in [0.4, 0.5) is 4.39 Å². The van der Waals surface area contributed by atoms with E-state index in [0.29, 0.717) is 6.42 Å². The smallest absolute Gasteiger partial charge is 0.335 e. The van der Waals surface area contributed by atoms with Crippen LogP contribution in [0, 0.1) is 17.4 Å². The van der Waals surface area contributed by atoms with Crippen molar-refractivity contribution < 1.29 is 24.2 Å². The van der Waals surface area contributed by atoms with Crippen molar-refractivity contribution in [1.82, 2.24) is 0 Å². The lowest BCUT2D eigenvalue weighted by atomic mass is 9.88. The maximum absolute atomic E-state index is 14.3. The molecule has 0 saturated heterocycles. The van der Waals surface area contributed by atoms with Gasteiger partial charge in [-0.05, 0) is 88.0 Å². The summed E-state index contributed by atoms with van der Waals surface area (Å²) in [5, 5.41) is 22.7. The van der Waals surface area contributed by atoms with Gasteiger partial charge in [-0.1, -0.05) is 48.0 Å². The molecule has 6 heteroatoms. The average Bonchev–Trinajstić information content (AvgIpc) is 2.78. The molecule has 1 unspecified atom stereocenters. The third-order valence-electron chi connectivity index (χ3n) is 6.11. The Morgan fingerprint density at radius 2 is 1.61 bits per heavy atom. The number of hydrogen-bond donors (Lipinski definition) is 2. The summed E-state index contributed by atoms with van der Waals surface area (Å²) >= 11 is 6.06. The van der Waals surface area contributed by atoms with Crippen LogP contribution in [0.3, 0.4) is 0 Å². The Balaban J connectivity index is 0.000000174. The molecular formula is C27H22ClFO4. The fourth-order valence-corrected chi connectivity index (χ4v) is 4.67. The van der Waals surface area contributed by atoms with Gasteiger partial charge < -0.3 is 10.2 Å². The second kappa shape index (κ2) is 9.20. The molecule has 0 saturated carbocycles. The van der Waals surface area contributed by atoms with E-state index in [-0.39, 0.29) is 16.7 Å². The zero-order valence-corrected chi connectivity index (χ0v) is 18.7. The van der Waals surface area contributed by atoms with Gasteiger partial charge in [-0.3, -0.25) is 0 Å². The molecule has 168 valence electrons. The Labute approximate surface area is 194 Å². The number of alkyl halides is 1. The second-order valence-corrected chi connectivity index (χ2v) is 8.51. The summed E-state index contributed by atoms with van der Waals surface area (Å²) < 4.78 is 14.3. The number of halogens is 2. The quantitative estimate of drug-likeness (QED) is 0.563. The monoisotopic (exact) mass is 464 g/mol. The van der Waals surface area contributed by atoms with Gasteiger partial charge in [0.15, 0.2) is 0 Å². The topological polar surface area (TPSA) is 74.6 Å². The van der Waals surface area contributed by atoms with Crippen LogP contribution < -0.4 is 10.4 Å². The van der Waals surface area contributed by atoms with Gasteiger partial charge in [0.25, 0.3) is 0 Å². The van der Waals surface area contributed by atoms with Gasteiger partial charge in [0.05, 0.1) is 11.1 Å². The summed E-state index contributed by atoms with van der Waals surface area (Å²) in [4.78, 5) is 21.2. The van der Waals surface area contributed by atoms with Gasteiger partial charge >= 0.3 is 11.9 Å². The minimum atomic E-state index is -1.11. The van der Waals surface area contributed by atoms with Crippen LogP contribution in [0.5, 0.6) is 0 Å². The summed E-state index contributed by atoms with van der Waals surface area (Å²) in [7, 11) is 0. The minimum absolute atomic E-state index is 0.0277. The maximum atomic E-state index is 14.3. The van der Waals surface area contributed by atoms with E-state index in [1.807, 2.05) is 18.2 Å². The molecule has 33 heavy (non-hydrogen) atoms. The van der Waals surface area contributed by atoms with Crippen molar-refractivity contribution in [2.24, 2.45) is 0 Å². The van der Waals surface area contributed by atoms with Crippen molar-refractivity contribution in [3.8, 4) is 0 Å². The average molecular weight is 465 g/mol. The summed E-state index contributed by atoms with van der Waals surface area (Å²) in [6.45, 7) is 1.48. The van der Waals surface area contributed by atoms with Crippen LogP contribution in [0.15, 0.2) is 48.5 Å². The molecule has 2 N–H and O–H groups in total. The standard InChI is InChI=1S/C18H14ClF.C9H8O4/c19-13-6-9-14-12(10-13)5-8-16-15(14)7-4-11-2-1-3-17(20)18(11)16;1-5-6(8(10)11)3-2-4-7(5)9(12)13/h2,4-7,9-10,17H,1,3,8H2;2-4H,1H3,(H,10,11)(H,12,13). The molecule has 0 bridgehead atoms. The summed E-state index contributed by atoms with van der Waals surface area (Å²) in [6, 6.07) is 14.3. The number of rotatable bonds is 2. The molecular weight excluding hydrogens is 443 g/mol. The SMILES string of the molecule is Cc1c(C(=O)O)cccc1C(=O)O.FC1CCC=c2ccc3c(c21)CC=c1cc(Cl)ccc1=3. The second-order valence-electron chi connectivity index (χ2n) is 8.07. The lowest BCUT2D eigenvalue weighted by molar-refractivity contribution is 0.0696. The molecule has 2 aliphatic carbocycles. The molecule has 0 aromatic heterocycles. The van der Waals surface area contributed by atoms with Gasteiger partial charge in [-0.2, -0.15) is 0 Å². The molecule has 0 fully saturated rings. The van der Waals surface area contributed by atoms with E-state index in [2.05, 4.69) is 24.3 Å². The van der Waals surface area contributed by atoms with E-state index in [1.165, 1.54) is 25.1 Å². The molecule has 0 aliphatic heterocycles. The maximum Gasteiger partial charge on any atom is 0.335 e. The Kier molecular flexibility index (Phi) is 6.34. The van der Waals surface area contributed by atoms with Crippen molar-refractivity contribution in [1.29, 1.82) is 0 Å². The molecule has 1 atom stereocenters. The predicted octanol–water partition coefficient (Wildman–Crippen LogP) is 4.94. The molecule has 0 spiro atoms. The first-order chi connectivity index (χ1) is 15.8. The van der Waals surface area contributed by atoms with Crippen molar-refractivity contribution >= 4 is 35.7 Å². The number of carboxylic acids is 2. The fraction of sp³-hybridized carbons (Fsp3) is 0.185. The van der Waals surface area contributed by atoms with Crippen LogP contribution in [-0.4, -0.2) is 22.2 Å². The zero-order chi connectivity index (χ0) is 23.7. The van der Waals surface area contributed by atoms with E-state index < -0.39 is 18.1 Å². The summed E-state index contributed by atoms with van der Waals surface area (Å²) in [5.74, 6) is -2.22. The first-order valence-corrected chi connectivity index (χ1v) is 11.0. The van der Waals surface area contributed by atoms with Crippen molar-refractivity contribution in [3.63, 3.8) is 0 Å². The molecule has 3 aromatic rings. The van der Waals surface area contributed by atoms with E-state index in [1.54, 1.807) is 0 Å². The van der Waals surface area contributed by atoms with Gasteiger partial charge in [0, 0.05) is 5.02 Å². The highest BCUT2D eigenvalue weighted by molar-refractivity contribution is 6.30. The van der Waals surface area contributed by atoms with Gasteiger partial charge in [0.2, 0.25) is 0 Å². The Hall–Kier alpha value is -3.44. The molecule has 4 nitrogen and oxygen atoms in total. The van der Waals surface area contributed by atoms with Crippen LogP contribution in [0.25, 0.3) is 12.2 Å². The molecule has 3 aromatic carbocycles. The predicted molar refractivity (Wildman–Crippen MR) is 126 cm³/mol. The summed E-state index contributed by atoms with van der Waals surface area (Å²) in [5.41, 5.74) is 2.40. The molecule has 2 aliphatic rings. The van der Waals surface area contributed by atoms with E-state index >= 15 is 0 Å². The van der Waals surface area contributed by atoms with E-state index in [0.717, 1.165) is 49.9 Å². The Bertz CT molecular complexity index is 1460. The van der Waals surface area contributed by atoms with Crippen molar-refractivity contribution in [2.45, 2.75) is 32.4 Å². The first-order valence-electron chi connectivity index (χ1n) is 10.6. The van der Waals surface area contributed by atoms with Crippen LogP contribution in [-0.2, 0) is 6.42 Å². The largest absolute Gasteiger partial charge is 0.478 e. The van der Waals surface area contributed by atoms with Crippen LogP contribution in [0.2, 0.25) is 5.02 Å². The molecule has 0 radical (unpaired) electrons. The van der Waals surface area contributed by atoms with Gasteiger partial charge in [-0.25, -0.2) is 14.0 Å². The highest BCUT2D eigenvalue weighted by atomic mass is 35.5. The van der Waals surface area contributed by atoms with Crippen LogP contribution in [0.1, 0.15) is 56.4 Å². The number of benzene rings is 3. The third-order valence-corrected chi connectivity index (χ3v) is 6.35. The number of carboxylic acid groups (broad SMARTS) is 2. The Morgan fingerprint density at radius 1 is 0.939 bits per heavy atom. The molecule has 0 amide bonds. The van der Waals surface area contributed by atoms with E-state index in [9.17, 15) is 14.0 Å². The molecule has 0 heterocycles. The number of hydrogen-bond acceptors (Lipinski definition) is 2. The van der Waals surface area contributed by atoms with Gasteiger partial charge in [-0.15, -0.1) is 0 Å². The highest BCUT2D eigenvalue weighted by Crippen LogP contribution is 2.28. The normalized spacial score (nSPS) is 15.4. The number of carbonyl (C=O) groups is 2. The van der Waals surface area contributed by atoms with Gasteiger partial charge in [0.1, 0.15) is 6.17 Å². The van der Waals surface area contributed by atoms with Crippen LogP contribution >= 0.6 is 11.6 Å². The fourth-order valence-electron chi connectivity index (χ4n) is 4.49. The highest BCUT2D eigenvalue weighted by Gasteiger charge is 2.20. The number of aromatic carboxylic acids is 2. The first kappa shape index (κ1) is 22.7. The molecule has 5 rings (SSSR count). The minimum Gasteiger partial charge on any atom is -0.478 e. The Morgan fingerprint density at radius 3 is 2.27 bits per heavy atom. The van der Waals surface area contributed by atoms with Crippen molar-refractivity contribution in [2.75, 3.05) is 0 Å². The zero-order valence-electron chi connectivity index (χ0n) is 17.9.